The second-order valence-electron chi connectivity index (χ2n) is 3.44. The molecule has 0 bridgehead atoms. The summed E-state index contributed by atoms with van der Waals surface area (Å²) in [4.78, 5) is 4.24. The molecule has 1 heterocycles. The lowest BCUT2D eigenvalue weighted by atomic mass is 10.2. The Bertz CT molecular complexity index is 537. The average molecular weight is 290 g/mol. The highest BCUT2D eigenvalue weighted by Gasteiger charge is 2.02. The molecular formula is C14H12BrNO. The van der Waals surface area contributed by atoms with Crippen LogP contribution in [-0.2, 0) is 0 Å². The molecule has 0 radical (unpaired) electrons. The SMILES string of the molecule is CC=Cc1ccccc1Oc1cccc(Br)n1. The second-order valence-corrected chi connectivity index (χ2v) is 4.25. The number of allylic oxidation sites excluding steroid dienone is 1. The minimum Gasteiger partial charge on any atom is -0.438 e. The van der Waals surface area contributed by atoms with Crippen LogP contribution in [0, 0.1) is 0 Å². The van der Waals surface area contributed by atoms with Gasteiger partial charge in [0.25, 0.3) is 0 Å². The molecule has 2 rings (SSSR count). The molecule has 2 aromatic rings. The van der Waals surface area contributed by atoms with Crippen LogP contribution >= 0.6 is 15.9 Å². The number of nitrogens with zero attached hydrogens (tertiary/aromatic N) is 1. The number of hydrogen-bond donors (Lipinski definition) is 0. The van der Waals surface area contributed by atoms with E-state index in [1.807, 2.05) is 61.5 Å². The number of benzene rings is 1. The van der Waals surface area contributed by atoms with E-state index >= 15 is 0 Å². The Balaban J connectivity index is 2.29. The van der Waals surface area contributed by atoms with E-state index in [9.17, 15) is 0 Å². The lowest BCUT2D eigenvalue weighted by Gasteiger charge is -2.07. The van der Waals surface area contributed by atoms with Gasteiger partial charge in [-0.15, -0.1) is 0 Å². The van der Waals surface area contributed by atoms with Crippen molar-refractivity contribution in [2.24, 2.45) is 0 Å². The number of aromatic nitrogens is 1. The third kappa shape index (κ3) is 3.17. The summed E-state index contributed by atoms with van der Waals surface area (Å²) in [6.07, 6.45) is 3.99. The van der Waals surface area contributed by atoms with Crippen LogP contribution in [0.3, 0.4) is 0 Å². The maximum absolute atomic E-state index is 5.75. The number of rotatable bonds is 3. The normalized spacial score (nSPS) is 10.7. The van der Waals surface area contributed by atoms with E-state index in [0.29, 0.717) is 5.88 Å². The summed E-state index contributed by atoms with van der Waals surface area (Å²) in [5, 5.41) is 0. The first kappa shape index (κ1) is 11.9. The largest absolute Gasteiger partial charge is 0.438 e. The summed E-state index contributed by atoms with van der Waals surface area (Å²) in [7, 11) is 0. The molecule has 86 valence electrons. The summed E-state index contributed by atoms with van der Waals surface area (Å²) in [5.74, 6) is 1.38. The van der Waals surface area contributed by atoms with Crippen molar-refractivity contribution >= 4 is 22.0 Å². The Morgan fingerprint density at radius 2 is 1.94 bits per heavy atom. The summed E-state index contributed by atoms with van der Waals surface area (Å²) >= 11 is 3.32. The average Bonchev–Trinajstić information content (AvgIpc) is 2.32. The molecule has 0 saturated heterocycles. The molecule has 0 aliphatic rings. The highest BCUT2D eigenvalue weighted by Crippen LogP contribution is 2.25. The van der Waals surface area contributed by atoms with Crippen molar-refractivity contribution in [1.29, 1.82) is 0 Å². The molecule has 0 fully saturated rings. The number of halogens is 1. The van der Waals surface area contributed by atoms with Gasteiger partial charge in [-0.2, -0.15) is 0 Å². The molecule has 0 aliphatic carbocycles. The molecule has 0 amide bonds. The zero-order chi connectivity index (χ0) is 12.1. The van der Waals surface area contributed by atoms with Crippen molar-refractivity contribution in [3.63, 3.8) is 0 Å². The zero-order valence-electron chi connectivity index (χ0n) is 9.43. The molecule has 0 unspecified atom stereocenters. The fourth-order valence-electron chi connectivity index (χ4n) is 1.45. The van der Waals surface area contributed by atoms with Crippen molar-refractivity contribution < 1.29 is 4.74 Å². The quantitative estimate of drug-likeness (QED) is 0.766. The maximum atomic E-state index is 5.75. The minimum absolute atomic E-state index is 0.580. The van der Waals surface area contributed by atoms with E-state index in [4.69, 9.17) is 4.74 Å². The highest BCUT2D eigenvalue weighted by molar-refractivity contribution is 9.10. The summed E-state index contributed by atoms with van der Waals surface area (Å²) < 4.78 is 6.51. The molecule has 0 saturated carbocycles. The van der Waals surface area contributed by atoms with Gasteiger partial charge in [-0.3, -0.25) is 0 Å². The van der Waals surface area contributed by atoms with Crippen LogP contribution in [0.1, 0.15) is 12.5 Å². The standard InChI is InChI=1S/C14H12BrNO/c1-2-6-11-7-3-4-8-12(11)17-14-10-5-9-13(15)16-14/h2-10H,1H3. The fourth-order valence-corrected chi connectivity index (χ4v) is 1.78. The van der Waals surface area contributed by atoms with Crippen molar-refractivity contribution in [3.05, 3.63) is 58.7 Å². The predicted molar refractivity (Wildman–Crippen MR) is 73.2 cm³/mol. The maximum Gasteiger partial charge on any atom is 0.220 e. The van der Waals surface area contributed by atoms with E-state index in [2.05, 4.69) is 20.9 Å². The lowest BCUT2D eigenvalue weighted by Crippen LogP contribution is -1.90. The molecular weight excluding hydrogens is 278 g/mol. The van der Waals surface area contributed by atoms with Crippen LogP contribution in [0.4, 0.5) is 0 Å². The first-order chi connectivity index (χ1) is 8.29. The van der Waals surface area contributed by atoms with E-state index in [-0.39, 0.29) is 0 Å². The number of ether oxygens (including phenoxy) is 1. The van der Waals surface area contributed by atoms with Gasteiger partial charge in [-0.1, -0.05) is 36.4 Å². The first-order valence-electron chi connectivity index (χ1n) is 5.32. The number of para-hydroxylation sites is 1. The van der Waals surface area contributed by atoms with Gasteiger partial charge in [0.1, 0.15) is 10.4 Å². The van der Waals surface area contributed by atoms with Gasteiger partial charge >= 0.3 is 0 Å². The predicted octanol–water partition coefficient (Wildman–Crippen LogP) is 4.67. The van der Waals surface area contributed by atoms with Gasteiger partial charge in [-0.25, -0.2) is 4.98 Å². The Morgan fingerprint density at radius 3 is 2.71 bits per heavy atom. The van der Waals surface area contributed by atoms with Crippen LogP contribution < -0.4 is 4.74 Å². The third-order valence-electron chi connectivity index (χ3n) is 2.17. The molecule has 0 atom stereocenters. The second kappa shape index (κ2) is 5.64. The van der Waals surface area contributed by atoms with E-state index in [1.165, 1.54) is 0 Å². The molecule has 3 heteroatoms. The molecule has 17 heavy (non-hydrogen) atoms. The van der Waals surface area contributed by atoms with Crippen molar-refractivity contribution in [2.45, 2.75) is 6.92 Å². The van der Waals surface area contributed by atoms with Crippen LogP contribution in [0.25, 0.3) is 6.08 Å². The van der Waals surface area contributed by atoms with Gasteiger partial charge in [0.2, 0.25) is 5.88 Å². The molecule has 0 spiro atoms. The van der Waals surface area contributed by atoms with Crippen LogP contribution in [0.2, 0.25) is 0 Å². The summed E-state index contributed by atoms with van der Waals surface area (Å²) in [6.45, 7) is 1.98. The van der Waals surface area contributed by atoms with Gasteiger partial charge < -0.3 is 4.74 Å². The molecule has 1 aromatic carbocycles. The van der Waals surface area contributed by atoms with Gasteiger partial charge in [-0.05, 0) is 35.0 Å². The number of hydrogen-bond acceptors (Lipinski definition) is 2. The monoisotopic (exact) mass is 289 g/mol. The van der Waals surface area contributed by atoms with Gasteiger partial charge in [0.15, 0.2) is 0 Å². The van der Waals surface area contributed by atoms with Crippen LogP contribution in [0.5, 0.6) is 11.6 Å². The summed E-state index contributed by atoms with van der Waals surface area (Å²) in [5.41, 5.74) is 1.04. The van der Waals surface area contributed by atoms with Gasteiger partial charge in [0.05, 0.1) is 0 Å². The van der Waals surface area contributed by atoms with E-state index < -0.39 is 0 Å². The zero-order valence-corrected chi connectivity index (χ0v) is 11.0. The van der Waals surface area contributed by atoms with Crippen LogP contribution in [-0.4, -0.2) is 4.98 Å². The molecule has 1 aromatic heterocycles. The van der Waals surface area contributed by atoms with E-state index in [1.54, 1.807) is 0 Å². The fraction of sp³-hybridized carbons (Fsp3) is 0.0714. The Labute approximate surface area is 109 Å². The van der Waals surface area contributed by atoms with Gasteiger partial charge in [0, 0.05) is 11.6 Å². The van der Waals surface area contributed by atoms with Crippen molar-refractivity contribution in [2.75, 3.05) is 0 Å². The Morgan fingerprint density at radius 1 is 1.12 bits per heavy atom. The van der Waals surface area contributed by atoms with E-state index in [0.717, 1.165) is 15.9 Å². The van der Waals surface area contributed by atoms with Crippen molar-refractivity contribution in [1.82, 2.24) is 4.98 Å². The highest BCUT2D eigenvalue weighted by atomic mass is 79.9. The number of pyridine rings is 1. The Kier molecular flexibility index (Phi) is 3.94. The molecule has 2 nitrogen and oxygen atoms in total. The Hall–Kier alpha value is -1.61. The van der Waals surface area contributed by atoms with Crippen LogP contribution in [0.15, 0.2) is 53.1 Å². The minimum atomic E-state index is 0.580. The third-order valence-corrected chi connectivity index (χ3v) is 2.61. The topological polar surface area (TPSA) is 22.1 Å². The first-order valence-corrected chi connectivity index (χ1v) is 6.11. The smallest absolute Gasteiger partial charge is 0.220 e. The molecule has 0 aliphatic heterocycles. The lowest BCUT2D eigenvalue weighted by molar-refractivity contribution is 0.461. The molecule has 0 N–H and O–H groups in total. The van der Waals surface area contributed by atoms with Crippen molar-refractivity contribution in [3.8, 4) is 11.6 Å². The summed E-state index contributed by atoms with van der Waals surface area (Å²) in [6, 6.07) is 13.5.